The van der Waals surface area contributed by atoms with Crippen molar-refractivity contribution in [3.05, 3.63) is 95.6 Å². The molecule has 0 aliphatic rings. The van der Waals surface area contributed by atoms with E-state index in [9.17, 15) is 14.4 Å². The topological polar surface area (TPSA) is 84.5 Å². The van der Waals surface area contributed by atoms with E-state index in [2.05, 4.69) is 10.6 Å². The van der Waals surface area contributed by atoms with Gasteiger partial charge in [-0.3, -0.25) is 9.59 Å². The summed E-state index contributed by atoms with van der Waals surface area (Å²) in [6.07, 6.45) is 0.909. The van der Waals surface area contributed by atoms with Gasteiger partial charge in [-0.25, -0.2) is 4.79 Å². The molecule has 0 radical (unpaired) electrons. The minimum atomic E-state index is -0.699. The summed E-state index contributed by atoms with van der Waals surface area (Å²) in [6.45, 7) is 1.61. The lowest BCUT2D eigenvalue weighted by Gasteiger charge is -2.11. The standard InChI is InChI=1S/C24H22N2O4/c1-2-17-12-14-19(15-13-17)25-22(27)16-30-24(29)20-10-6-7-11-21(20)26-23(28)18-8-4-3-5-9-18/h3-15H,2,16H2,1H3,(H,25,27)(H,26,28). The van der Waals surface area contributed by atoms with E-state index in [1.807, 2.05) is 25.1 Å². The van der Waals surface area contributed by atoms with Crippen LogP contribution in [-0.4, -0.2) is 24.4 Å². The first-order chi connectivity index (χ1) is 14.6. The number of benzene rings is 3. The Balaban J connectivity index is 1.60. The third-order valence-electron chi connectivity index (χ3n) is 4.41. The zero-order valence-corrected chi connectivity index (χ0v) is 16.6. The number of hydrogen-bond donors (Lipinski definition) is 2. The number of ether oxygens (including phenoxy) is 1. The summed E-state index contributed by atoms with van der Waals surface area (Å²) in [6, 6.07) is 22.6. The number of amides is 2. The van der Waals surface area contributed by atoms with Crippen LogP contribution in [0.1, 0.15) is 33.2 Å². The average Bonchev–Trinajstić information content (AvgIpc) is 2.79. The highest BCUT2D eigenvalue weighted by Gasteiger charge is 2.16. The van der Waals surface area contributed by atoms with Crippen LogP contribution in [-0.2, 0) is 16.0 Å². The summed E-state index contributed by atoms with van der Waals surface area (Å²) in [5.74, 6) is -1.49. The molecule has 0 saturated carbocycles. The van der Waals surface area contributed by atoms with Gasteiger partial charge in [-0.05, 0) is 48.4 Å². The van der Waals surface area contributed by atoms with E-state index in [-0.39, 0.29) is 11.5 Å². The molecule has 2 amide bonds. The van der Waals surface area contributed by atoms with E-state index in [1.54, 1.807) is 54.6 Å². The summed E-state index contributed by atoms with van der Waals surface area (Å²) < 4.78 is 5.13. The van der Waals surface area contributed by atoms with Crippen LogP contribution in [0, 0.1) is 0 Å². The summed E-state index contributed by atoms with van der Waals surface area (Å²) in [7, 11) is 0. The van der Waals surface area contributed by atoms with Crippen molar-refractivity contribution in [1.29, 1.82) is 0 Å². The third-order valence-corrected chi connectivity index (χ3v) is 4.41. The molecule has 152 valence electrons. The summed E-state index contributed by atoms with van der Waals surface area (Å²) >= 11 is 0. The van der Waals surface area contributed by atoms with Crippen LogP contribution in [0.4, 0.5) is 11.4 Å². The fraction of sp³-hybridized carbons (Fsp3) is 0.125. The Kier molecular flexibility index (Phi) is 6.95. The van der Waals surface area contributed by atoms with Crippen LogP contribution in [0.3, 0.4) is 0 Å². The number of para-hydroxylation sites is 1. The molecule has 0 aliphatic carbocycles. The number of anilines is 2. The van der Waals surface area contributed by atoms with Crippen molar-refractivity contribution in [1.82, 2.24) is 0 Å². The predicted molar refractivity (Wildman–Crippen MR) is 116 cm³/mol. The quantitative estimate of drug-likeness (QED) is 0.577. The van der Waals surface area contributed by atoms with E-state index in [1.165, 1.54) is 6.07 Å². The van der Waals surface area contributed by atoms with E-state index < -0.39 is 18.5 Å². The Morgan fingerprint density at radius 3 is 2.17 bits per heavy atom. The molecule has 0 atom stereocenters. The molecular weight excluding hydrogens is 380 g/mol. The molecule has 0 aromatic heterocycles. The number of nitrogens with one attached hydrogen (secondary N) is 2. The monoisotopic (exact) mass is 402 g/mol. The Hall–Kier alpha value is -3.93. The van der Waals surface area contributed by atoms with Gasteiger partial charge in [0.05, 0.1) is 11.3 Å². The molecular formula is C24H22N2O4. The van der Waals surface area contributed by atoms with E-state index >= 15 is 0 Å². The highest BCUT2D eigenvalue weighted by atomic mass is 16.5. The Morgan fingerprint density at radius 1 is 0.800 bits per heavy atom. The second-order valence-electron chi connectivity index (χ2n) is 6.54. The smallest absolute Gasteiger partial charge is 0.340 e. The van der Waals surface area contributed by atoms with Crippen LogP contribution in [0.2, 0.25) is 0 Å². The Bertz CT molecular complexity index is 1030. The molecule has 3 aromatic carbocycles. The maximum Gasteiger partial charge on any atom is 0.340 e. The van der Waals surface area contributed by atoms with Crippen molar-refractivity contribution in [2.45, 2.75) is 13.3 Å². The fourth-order valence-corrected chi connectivity index (χ4v) is 2.78. The van der Waals surface area contributed by atoms with Gasteiger partial charge in [0.15, 0.2) is 6.61 Å². The predicted octanol–water partition coefficient (Wildman–Crippen LogP) is 4.30. The average molecular weight is 402 g/mol. The molecule has 0 heterocycles. The van der Waals surface area contributed by atoms with Crippen molar-refractivity contribution in [3.63, 3.8) is 0 Å². The van der Waals surface area contributed by atoms with Gasteiger partial charge in [-0.1, -0.05) is 49.4 Å². The largest absolute Gasteiger partial charge is 0.452 e. The summed E-state index contributed by atoms with van der Waals surface area (Å²) in [4.78, 5) is 36.9. The number of carbonyl (C=O) groups excluding carboxylic acids is 3. The molecule has 2 N–H and O–H groups in total. The van der Waals surface area contributed by atoms with Crippen molar-refractivity contribution in [2.75, 3.05) is 17.2 Å². The maximum absolute atomic E-state index is 12.5. The number of rotatable bonds is 7. The Labute approximate surface area is 174 Å². The minimum Gasteiger partial charge on any atom is -0.452 e. The first-order valence-corrected chi connectivity index (χ1v) is 9.58. The molecule has 30 heavy (non-hydrogen) atoms. The second-order valence-corrected chi connectivity index (χ2v) is 6.54. The molecule has 3 rings (SSSR count). The molecule has 0 unspecified atom stereocenters. The van der Waals surface area contributed by atoms with Crippen LogP contribution in [0.25, 0.3) is 0 Å². The SMILES string of the molecule is CCc1ccc(NC(=O)COC(=O)c2ccccc2NC(=O)c2ccccc2)cc1. The van der Waals surface area contributed by atoms with Crippen LogP contribution < -0.4 is 10.6 Å². The van der Waals surface area contributed by atoms with Gasteiger partial charge in [0.2, 0.25) is 0 Å². The van der Waals surface area contributed by atoms with Crippen molar-refractivity contribution in [3.8, 4) is 0 Å². The van der Waals surface area contributed by atoms with Crippen molar-refractivity contribution in [2.24, 2.45) is 0 Å². The van der Waals surface area contributed by atoms with E-state index in [4.69, 9.17) is 4.74 Å². The van der Waals surface area contributed by atoms with Crippen LogP contribution >= 0.6 is 0 Å². The molecule has 0 fully saturated rings. The van der Waals surface area contributed by atoms with Gasteiger partial charge in [0.1, 0.15) is 0 Å². The lowest BCUT2D eigenvalue weighted by molar-refractivity contribution is -0.119. The zero-order chi connectivity index (χ0) is 21.3. The first-order valence-electron chi connectivity index (χ1n) is 9.58. The van der Waals surface area contributed by atoms with E-state index in [0.29, 0.717) is 16.9 Å². The molecule has 6 heteroatoms. The summed E-state index contributed by atoms with van der Waals surface area (Å²) in [5.41, 5.74) is 2.74. The molecule has 0 aliphatic heterocycles. The normalized spacial score (nSPS) is 10.2. The molecule has 0 spiro atoms. The number of esters is 1. The highest BCUT2D eigenvalue weighted by Crippen LogP contribution is 2.18. The van der Waals surface area contributed by atoms with Crippen LogP contribution in [0.15, 0.2) is 78.9 Å². The van der Waals surface area contributed by atoms with Gasteiger partial charge in [0, 0.05) is 11.3 Å². The van der Waals surface area contributed by atoms with Crippen LogP contribution in [0.5, 0.6) is 0 Å². The maximum atomic E-state index is 12.5. The second kappa shape index (κ2) is 10.0. The lowest BCUT2D eigenvalue weighted by Crippen LogP contribution is -2.22. The minimum absolute atomic E-state index is 0.168. The summed E-state index contributed by atoms with van der Waals surface area (Å²) in [5, 5.41) is 5.39. The molecule has 3 aromatic rings. The van der Waals surface area contributed by atoms with Gasteiger partial charge in [0.25, 0.3) is 11.8 Å². The zero-order valence-electron chi connectivity index (χ0n) is 16.6. The third kappa shape index (κ3) is 5.54. The fourth-order valence-electron chi connectivity index (χ4n) is 2.78. The molecule has 0 bridgehead atoms. The van der Waals surface area contributed by atoms with Gasteiger partial charge in [-0.2, -0.15) is 0 Å². The molecule has 6 nitrogen and oxygen atoms in total. The Morgan fingerprint density at radius 2 is 1.47 bits per heavy atom. The van der Waals surface area contributed by atoms with Crippen molar-refractivity contribution >= 4 is 29.2 Å². The van der Waals surface area contributed by atoms with Gasteiger partial charge in [-0.15, -0.1) is 0 Å². The van der Waals surface area contributed by atoms with Gasteiger partial charge < -0.3 is 15.4 Å². The van der Waals surface area contributed by atoms with E-state index in [0.717, 1.165) is 12.0 Å². The highest BCUT2D eigenvalue weighted by molar-refractivity contribution is 6.08. The first kappa shape index (κ1) is 20.8. The van der Waals surface area contributed by atoms with Crippen molar-refractivity contribution < 1.29 is 19.1 Å². The number of hydrogen-bond acceptors (Lipinski definition) is 4. The lowest BCUT2D eigenvalue weighted by atomic mass is 10.1. The number of aryl methyl sites for hydroxylation is 1. The number of carbonyl (C=O) groups is 3. The molecule has 0 saturated heterocycles. The van der Waals surface area contributed by atoms with Gasteiger partial charge >= 0.3 is 5.97 Å².